The molecule has 1 amide bonds. The van der Waals surface area contributed by atoms with E-state index in [-0.39, 0.29) is 6.09 Å². The third kappa shape index (κ3) is 3.32. The number of sulfone groups is 1. The van der Waals surface area contributed by atoms with Crippen LogP contribution in [0.2, 0.25) is 0 Å². The summed E-state index contributed by atoms with van der Waals surface area (Å²) < 4.78 is 29.2. The maximum atomic E-state index is 12.3. The van der Waals surface area contributed by atoms with Gasteiger partial charge >= 0.3 is 6.09 Å². The van der Waals surface area contributed by atoms with E-state index in [2.05, 4.69) is 0 Å². The zero-order valence-electron chi connectivity index (χ0n) is 13.1. The second-order valence-electron chi connectivity index (χ2n) is 5.52. The van der Waals surface area contributed by atoms with Crippen LogP contribution in [0.5, 0.6) is 0 Å². The summed E-state index contributed by atoms with van der Waals surface area (Å²) in [5, 5.41) is -0.446. The maximum Gasteiger partial charge on any atom is 0.409 e. The zero-order valence-corrected chi connectivity index (χ0v) is 13.9. The number of amides is 1. The summed E-state index contributed by atoms with van der Waals surface area (Å²) in [4.78, 5) is 13.4. The van der Waals surface area contributed by atoms with E-state index in [4.69, 9.17) is 4.74 Å². The molecule has 0 bridgehead atoms. The number of carbonyl (C=O) groups is 1. The van der Waals surface area contributed by atoms with Crippen molar-refractivity contribution >= 4 is 21.5 Å². The van der Waals surface area contributed by atoms with E-state index in [1.54, 1.807) is 36.9 Å². The summed E-state index contributed by atoms with van der Waals surface area (Å²) >= 11 is 0. The lowest BCUT2D eigenvalue weighted by atomic mass is 10.00. The van der Waals surface area contributed by atoms with Crippen LogP contribution >= 0.6 is 0 Å². The third-order valence-corrected chi connectivity index (χ3v) is 5.95. The van der Waals surface area contributed by atoms with Crippen LogP contribution < -0.4 is 0 Å². The van der Waals surface area contributed by atoms with Gasteiger partial charge < -0.3 is 9.64 Å². The number of methoxy groups -OCH3 is 1. The Labute approximate surface area is 131 Å². The monoisotopic (exact) mass is 323 g/mol. The molecule has 0 saturated heterocycles. The van der Waals surface area contributed by atoms with E-state index in [9.17, 15) is 13.2 Å². The van der Waals surface area contributed by atoms with Crippen LogP contribution in [0, 0.1) is 0 Å². The minimum atomic E-state index is -3.28. The van der Waals surface area contributed by atoms with Gasteiger partial charge in [-0.15, -0.1) is 0 Å². The number of ether oxygens (including phenoxy) is 1. The van der Waals surface area contributed by atoms with E-state index < -0.39 is 15.1 Å². The van der Waals surface area contributed by atoms with Gasteiger partial charge in [-0.1, -0.05) is 18.2 Å². The minimum absolute atomic E-state index is 0.341. The number of hydrogen-bond donors (Lipinski definition) is 0. The molecule has 0 atom stereocenters. The van der Waals surface area contributed by atoms with Crippen LogP contribution in [0.4, 0.5) is 4.79 Å². The van der Waals surface area contributed by atoms with E-state index in [1.165, 1.54) is 7.11 Å². The van der Waals surface area contributed by atoms with Crippen molar-refractivity contribution in [2.45, 2.75) is 30.4 Å². The number of carbonyl (C=O) groups excluding carboxylic acids is 1. The Kier molecular flexibility index (Phi) is 4.90. The van der Waals surface area contributed by atoms with Gasteiger partial charge in [0.1, 0.15) is 0 Å². The van der Waals surface area contributed by atoms with Crippen molar-refractivity contribution in [2.24, 2.45) is 0 Å². The van der Waals surface area contributed by atoms with Gasteiger partial charge in [-0.2, -0.15) is 0 Å². The highest BCUT2D eigenvalue weighted by molar-refractivity contribution is 7.92. The average molecular weight is 323 g/mol. The zero-order chi connectivity index (χ0) is 16.3. The van der Waals surface area contributed by atoms with E-state index >= 15 is 0 Å². The Balaban J connectivity index is 2.25. The molecule has 0 saturated carbocycles. The molecule has 5 nitrogen and oxygen atoms in total. The highest BCUT2D eigenvalue weighted by Crippen LogP contribution is 2.26. The van der Waals surface area contributed by atoms with Crippen LogP contribution in [0.1, 0.15) is 25.8 Å². The Bertz CT molecular complexity index is 692. The Morgan fingerprint density at radius 3 is 2.59 bits per heavy atom. The fraction of sp³-hybridized carbons (Fsp3) is 0.438. The predicted octanol–water partition coefficient (Wildman–Crippen LogP) is 2.72. The van der Waals surface area contributed by atoms with Crippen molar-refractivity contribution in [3.05, 3.63) is 35.9 Å². The molecule has 0 radical (unpaired) electrons. The van der Waals surface area contributed by atoms with Crippen LogP contribution in [0.3, 0.4) is 0 Å². The molecular weight excluding hydrogens is 302 g/mol. The van der Waals surface area contributed by atoms with Crippen LogP contribution in [-0.4, -0.2) is 44.9 Å². The summed E-state index contributed by atoms with van der Waals surface area (Å²) in [7, 11) is -1.92. The number of benzene rings is 1. The minimum Gasteiger partial charge on any atom is -0.453 e. The maximum absolute atomic E-state index is 12.3. The third-order valence-electron chi connectivity index (χ3n) is 3.80. The lowest BCUT2D eigenvalue weighted by Crippen LogP contribution is -2.34. The number of hydrogen-bond acceptors (Lipinski definition) is 4. The molecule has 0 aliphatic carbocycles. The van der Waals surface area contributed by atoms with Crippen molar-refractivity contribution in [1.29, 1.82) is 0 Å². The second kappa shape index (κ2) is 6.52. The van der Waals surface area contributed by atoms with Gasteiger partial charge in [-0.3, -0.25) is 0 Å². The topological polar surface area (TPSA) is 63.7 Å². The normalized spacial score (nSPS) is 15.6. The predicted molar refractivity (Wildman–Crippen MR) is 85.3 cm³/mol. The molecule has 1 aliphatic heterocycles. The Morgan fingerprint density at radius 2 is 2.05 bits per heavy atom. The van der Waals surface area contributed by atoms with Gasteiger partial charge in [0, 0.05) is 13.1 Å². The molecule has 1 aliphatic rings. The van der Waals surface area contributed by atoms with Crippen LogP contribution in [0.25, 0.3) is 5.57 Å². The smallest absolute Gasteiger partial charge is 0.409 e. The molecule has 0 aromatic heterocycles. The molecule has 0 fully saturated rings. The first-order valence-corrected chi connectivity index (χ1v) is 8.77. The van der Waals surface area contributed by atoms with Gasteiger partial charge in [0.2, 0.25) is 0 Å². The second-order valence-corrected chi connectivity index (χ2v) is 8.02. The molecule has 0 N–H and O–H groups in total. The van der Waals surface area contributed by atoms with Crippen molar-refractivity contribution in [2.75, 3.05) is 20.2 Å². The van der Waals surface area contributed by atoms with Gasteiger partial charge in [0.25, 0.3) is 0 Å². The molecular formula is C16H21NO4S. The standard InChI is InChI=1S/C16H21NO4S/c1-12(2)22(19,20)15-6-4-5-14(11-15)13-7-9-17(10-8-13)16(18)21-3/h4-7,11-12H,8-10H2,1-3H3. The summed E-state index contributed by atoms with van der Waals surface area (Å²) in [5.74, 6) is 0. The van der Waals surface area contributed by atoms with Crippen LogP contribution in [-0.2, 0) is 14.6 Å². The highest BCUT2D eigenvalue weighted by Gasteiger charge is 2.21. The number of nitrogens with zero attached hydrogens (tertiary/aromatic N) is 1. The fourth-order valence-electron chi connectivity index (χ4n) is 2.37. The fourth-order valence-corrected chi connectivity index (χ4v) is 3.48. The van der Waals surface area contributed by atoms with E-state index in [1.807, 2.05) is 12.1 Å². The molecule has 1 aromatic carbocycles. The summed E-state index contributed by atoms with van der Waals surface area (Å²) in [5.41, 5.74) is 1.95. The lowest BCUT2D eigenvalue weighted by molar-refractivity contribution is 0.128. The molecule has 0 spiro atoms. The van der Waals surface area contributed by atoms with Crippen molar-refractivity contribution in [3.63, 3.8) is 0 Å². The first-order valence-electron chi connectivity index (χ1n) is 7.22. The summed E-state index contributed by atoms with van der Waals surface area (Å²) in [6, 6.07) is 7.01. The average Bonchev–Trinajstić information content (AvgIpc) is 2.54. The van der Waals surface area contributed by atoms with Crippen LogP contribution in [0.15, 0.2) is 35.2 Å². The van der Waals surface area contributed by atoms with Crippen molar-refractivity contribution < 1.29 is 17.9 Å². The quantitative estimate of drug-likeness (QED) is 0.858. The molecule has 22 heavy (non-hydrogen) atoms. The van der Waals surface area contributed by atoms with Gasteiger partial charge in [-0.05, 0) is 43.5 Å². The SMILES string of the molecule is COC(=O)N1CC=C(c2cccc(S(=O)(=O)C(C)C)c2)CC1. The summed E-state index contributed by atoms with van der Waals surface area (Å²) in [6.07, 6.45) is 2.29. The molecule has 1 heterocycles. The first-order chi connectivity index (χ1) is 10.4. The molecule has 1 aromatic rings. The first kappa shape index (κ1) is 16.5. The van der Waals surface area contributed by atoms with Crippen molar-refractivity contribution in [1.82, 2.24) is 4.90 Å². The lowest BCUT2D eigenvalue weighted by Gasteiger charge is -2.25. The largest absolute Gasteiger partial charge is 0.453 e. The summed E-state index contributed by atoms with van der Waals surface area (Å²) in [6.45, 7) is 4.40. The molecule has 6 heteroatoms. The molecule has 0 unspecified atom stereocenters. The number of rotatable bonds is 3. The molecule has 120 valence electrons. The van der Waals surface area contributed by atoms with Crippen molar-refractivity contribution in [3.8, 4) is 0 Å². The molecule has 2 rings (SSSR count). The highest BCUT2D eigenvalue weighted by atomic mass is 32.2. The van der Waals surface area contributed by atoms with Gasteiger partial charge in [-0.25, -0.2) is 13.2 Å². The van der Waals surface area contributed by atoms with E-state index in [0.29, 0.717) is 24.4 Å². The van der Waals surface area contributed by atoms with E-state index in [0.717, 1.165) is 11.1 Å². The Hall–Kier alpha value is -1.82. The van der Waals surface area contributed by atoms with Gasteiger partial charge in [0.05, 0.1) is 17.3 Å². The Morgan fingerprint density at radius 1 is 1.32 bits per heavy atom. The van der Waals surface area contributed by atoms with Gasteiger partial charge in [0.15, 0.2) is 9.84 Å².